The Morgan fingerprint density at radius 2 is 1.87 bits per heavy atom. The number of anilines is 2. The van der Waals surface area contributed by atoms with E-state index in [1.165, 1.54) is 12.3 Å². The molecule has 2 aliphatic rings. The fourth-order valence-electron chi connectivity index (χ4n) is 3.97. The maximum atomic E-state index is 13.4. The second-order valence-corrected chi connectivity index (χ2v) is 8.44. The van der Waals surface area contributed by atoms with Crippen LogP contribution in [0.15, 0.2) is 30.5 Å². The SMILES string of the molecule is O=C(CC1CC1)NNc1nncc(N2CCC(c3ccccc3C(F)(F)F)CC2)c1Cl. The molecule has 2 heterocycles. The van der Waals surface area contributed by atoms with Crippen LogP contribution >= 0.6 is 11.6 Å². The molecule has 1 saturated carbocycles. The van der Waals surface area contributed by atoms with Crippen LogP contribution in [0.25, 0.3) is 0 Å². The molecule has 0 spiro atoms. The van der Waals surface area contributed by atoms with Crippen molar-refractivity contribution in [3.05, 3.63) is 46.6 Å². The maximum Gasteiger partial charge on any atom is 0.416 e. The van der Waals surface area contributed by atoms with Gasteiger partial charge in [0.15, 0.2) is 5.82 Å². The second kappa shape index (κ2) is 8.90. The molecule has 2 aromatic rings. The molecule has 2 fully saturated rings. The average molecular weight is 454 g/mol. The van der Waals surface area contributed by atoms with Crippen molar-refractivity contribution < 1.29 is 18.0 Å². The van der Waals surface area contributed by atoms with Gasteiger partial charge in [0.2, 0.25) is 5.91 Å². The van der Waals surface area contributed by atoms with Crippen LogP contribution in [-0.4, -0.2) is 29.2 Å². The minimum Gasteiger partial charge on any atom is -0.369 e. The quantitative estimate of drug-likeness (QED) is 0.616. The standard InChI is InChI=1S/C21H23ClF3N5O/c22-19-17(12-26-28-20(19)29-27-18(31)11-13-5-6-13)30-9-7-14(8-10-30)15-3-1-2-4-16(15)21(23,24)25/h1-4,12-14H,5-11H2,(H,27,31)(H,28,29). The molecule has 1 aliphatic carbocycles. The summed E-state index contributed by atoms with van der Waals surface area (Å²) < 4.78 is 40.1. The lowest BCUT2D eigenvalue weighted by atomic mass is 9.86. The fraction of sp³-hybridized carbons (Fsp3) is 0.476. The highest BCUT2D eigenvalue weighted by Crippen LogP contribution is 2.40. The highest BCUT2D eigenvalue weighted by atomic mass is 35.5. The number of aromatic nitrogens is 2. The molecule has 0 radical (unpaired) electrons. The summed E-state index contributed by atoms with van der Waals surface area (Å²) in [6.45, 7) is 1.07. The van der Waals surface area contributed by atoms with Crippen molar-refractivity contribution in [1.29, 1.82) is 0 Å². The number of amides is 1. The first-order valence-electron chi connectivity index (χ1n) is 10.3. The molecule has 0 unspecified atom stereocenters. The topological polar surface area (TPSA) is 70.1 Å². The normalized spacial score (nSPS) is 17.5. The van der Waals surface area contributed by atoms with E-state index in [0.717, 1.165) is 18.9 Å². The molecular formula is C21H23ClF3N5O. The summed E-state index contributed by atoms with van der Waals surface area (Å²) in [5.41, 5.74) is 5.73. The summed E-state index contributed by atoms with van der Waals surface area (Å²) in [7, 11) is 0. The Morgan fingerprint density at radius 3 is 2.55 bits per heavy atom. The lowest BCUT2D eigenvalue weighted by molar-refractivity contribution is -0.138. The number of alkyl halides is 3. The Balaban J connectivity index is 1.40. The average Bonchev–Trinajstić information content (AvgIpc) is 3.56. The van der Waals surface area contributed by atoms with E-state index in [4.69, 9.17) is 11.6 Å². The van der Waals surface area contributed by atoms with Crippen LogP contribution in [0.4, 0.5) is 24.7 Å². The van der Waals surface area contributed by atoms with Crippen molar-refractivity contribution in [1.82, 2.24) is 15.6 Å². The van der Waals surface area contributed by atoms with Crippen molar-refractivity contribution in [2.24, 2.45) is 5.92 Å². The second-order valence-electron chi connectivity index (χ2n) is 8.06. The van der Waals surface area contributed by atoms with E-state index in [-0.39, 0.29) is 17.6 Å². The number of hydrazine groups is 1. The van der Waals surface area contributed by atoms with Gasteiger partial charge < -0.3 is 4.90 Å². The molecular weight excluding hydrogens is 431 g/mol. The lowest BCUT2D eigenvalue weighted by Crippen LogP contribution is -2.34. The van der Waals surface area contributed by atoms with Crippen LogP contribution in [0.2, 0.25) is 5.02 Å². The number of hydrogen-bond acceptors (Lipinski definition) is 5. The number of carbonyl (C=O) groups is 1. The van der Waals surface area contributed by atoms with Gasteiger partial charge in [-0.25, -0.2) is 0 Å². The van der Waals surface area contributed by atoms with Gasteiger partial charge in [0.05, 0.1) is 17.4 Å². The first-order valence-corrected chi connectivity index (χ1v) is 10.7. The first-order chi connectivity index (χ1) is 14.8. The summed E-state index contributed by atoms with van der Waals surface area (Å²) in [5.74, 6) is 0.392. The Morgan fingerprint density at radius 1 is 1.16 bits per heavy atom. The molecule has 1 aromatic heterocycles. The Hall–Kier alpha value is -2.55. The van der Waals surface area contributed by atoms with Crippen molar-refractivity contribution in [2.75, 3.05) is 23.4 Å². The number of nitrogens with zero attached hydrogens (tertiary/aromatic N) is 3. The molecule has 1 saturated heterocycles. The van der Waals surface area contributed by atoms with E-state index in [1.807, 2.05) is 4.90 Å². The van der Waals surface area contributed by atoms with Crippen molar-refractivity contribution >= 4 is 29.0 Å². The van der Waals surface area contributed by atoms with Gasteiger partial charge in [-0.2, -0.15) is 18.3 Å². The molecule has 1 aliphatic heterocycles. The predicted molar refractivity (Wildman–Crippen MR) is 112 cm³/mol. The summed E-state index contributed by atoms with van der Waals surface area (Å²) in [6, 6.07) is 5.77. The van der Waals surface area contributed by atoms with Gasteiger partial charge in [0.25, 0.3) is 0 Å². The molecule has 0 atom stereocenters. The van der Waals surface area contributed by atoms with Crippen LogP contribution in [-0.2, 0) is 11.0 Å². The number of nitrogens with one attached hydrogen (secondary N) is 2. The Kier molecular flexibility index (Phi) is 6.22. The number of hydrogen-bond donors (Lipinski definition) is 2. The third-order valence-electron chi connectivity index (χ3n) is 5.80. The number of halogens is 4. The van der Waals surface area contributed by atoms with E-state index < -0.39 is 11.7 Å². The summed E-state index contributed by atoms with van der Waals surface area (Å²) in [6.07, 6.45) is 0.906. The molecule has 10 heteroatoms. The Bertz CT molecular complexity index is 943. The zero-order valence-corrected chi connectivity index (χ0v) is 17.5. The minimum absolute atomic E-state index is 0.130. The van der Waals surface area contributed by atoms with Crippen LogP contribution < -0.4 is 15.8 Å². The van der Waals surface area contributed by atoms with Gasteiger partial charge >= 0.3 is 6.18 Å². The third kappa shape index (κ3) is 5.20. The summed E-state index contributed by atoms with van der Waals surface area (Å²) in [5, 5.41) is 8.21. The number of carbonyl (C=O) groups excluding carboxylic acids is 1. The molecule has 6 nitrogen and oxygen atoms in total. The summed E-state index contributed by atoms with van der Waals surface area (Å²) >= 11 is 6.48. The third-order valence-corrected chi connectivity index (χ3v) is 6.18. The first kappa shape index (κ1) is 21.7. The zero-order valence-electron chi connectivity index (χ0n) is 16.8. The molecule has 1 aromatic carbocycles. The predicted octanol–water partition coefficient (Wildman–Crippen LogP) is 4.78. The molecule has 0 bridgehead atoms. The van der Waals surface area contributed by atoms with Gasteiger partial charge in [0, 0.05) is 19.5 Å². The van der Waals surface area contributed by atoms with Gasteiger partial charge in [-0.3, -0.25) is 15.6 Å². The van der Waals surface area contributed by atoms with E-state index in [1.54, 1.807) is 12.1 Å². The minimum atomic E-state index is -4.36. The van der Waals surface area contributed by atoms with Crippen LogP contribution in [0.5, 0.6) is 0 Å². The largest absolute Gasteiger partial charge is 0.416 e. The summed E-state index contributed by atoms with van der Waals surface area (Å²) in [4.78, 5) is 13.9. The molecule has 1 amide bonds. The molecule has 2 N–H and O–H groups in total. The van der Waals surface area contributed by atoms with Gasteiger partial charge in [-0.1, -0.05) is 29.8 Å². The van der Waals surface area contributed by atoms with Crippen molar-refractivity contribution in [3.8, 4) is 0 Å². The van der Waals surface area contributed by atoms with Gasteiger partial charge in [0.1, 0.15) is 5.02 Å². The molecule has 166 valence electrons. The van der Waals surface area contributed by atoms with Crippen LogP contribution in [0.3, 0.4) is 0 Å². The molecule has 4 rings (SSSR count). The molecule has 31 heavy (non-hydrogen) atoms. The van der Waals surface area contributed by atoms with E-state index in [9.17, 15) is 18.0 Å². The highest BCUT2D eigenvalue weighted by Gasteiger charge is 2.36. The zero-order chi connectivity index (χ0) is 22.0. The number of rotatable bonds is 6. The Labute approximate surface area is 183 Å². The van der Waals surface area contributed by atoms with Gasteiger partial charge in [-0.05, 0) is 49.1 Å². The van der Waals surface area contributed by atoms with Crippen LogP contribution in [0, 0.1) is 5.92 Å². The monoisotopic (exact) mass is 453 g/mol. The van der Waals surface area contributed by atoms with E-state index >= 15 is 0 Å². The van der Waals surface area contributed by atoms with Crippen molar-refractivity contribution in [3.63, 3.8) is 0 Å². The smallest absolute Gasteiger partial charge is 0.369 e. The lowest BCUT2D eigenvalue weighted by Gasteiger charge is -2.35. The van der Waals surface area contributed by atoms with Gasteiger partial charge in [-0.15, -0.1) is 5.10 Å². The van der Waals surface area contributed by atoms with E-state index in [2.05, 4.69) is 21.0 Å². The fourth-order valence-corrected chi connectivity index (χ4v) is 4.22. The highest BCUT2D eigenvalue weighted by molar-refractivity contribution is 6.35. The van der Waals surface area contributed by atoms with Crippen molar-refractivity contribution in [2.45, 2.75) is 44.2 Å². The maximum absolute atomic E-state index is 13.4. The number of benzene rings is 1. The van der Waals surface area contributed by atoms with Crippen LogP contribution in [0.1, 0.15) is 49.1 Å². The number of piperidine rings is 1. The van der Waals surface area contributed by atoms with E-state index in [0.29, 0.717) is 54.5 Å².